The molecular formula is C9H8Cl2N2O2. The summed E-state index contributed by atoms with van der Waals surface area (Å²) >= 11 is 11.7. The lowest BCUT2D eigenvalue weighted by atomic mass is 10.2. The second kappa shape index (κ2) is 5.70. The van der Waals surface area contributed by atoms with Crippen molar-refractivity contribution in [2.24, 2.45) is 5.10 Å². The number of aliphatic hydroxyl groups is 1. The van der Waals surface area contributed by atoms with Crippen molar-refractivity contribution in [3.05, 3.63) is 33.8 Å². The van der Waals surface area contributed by atoms with Crippen molar-refractivity contribution in [1.29, 1.82) is 0 Å². The van der Waals surface area contributed by atoms with Gasteiger partial charge >= 0.3 is 0 Å². The zero-order chi connectivity index (χ0) is 11.3. The summed E-state index contributed by atoms with van der Waals surface area (Å²) in [7, 11) is 0. The fourth-order valence-corrected chi connectivity index (χ4v) is 1.33. The van der Waals surface area contributed by atoms with Crippen molar-refractivity contribution in [2.75, 3.05) is 6.61 Å². The van der Waals surface area contributed by atoms with Crippen LogP contribution in [0.2, 0.25) is 10.0 Å². The molecule has 0 aliphatic heterocycles. The molecule has 0 bridgehead atoms. The van der Waals surface area contributed by atoms with E-state index in [9.17, 15) is 4.79 Å². The summed E-state index contributed by atoms with van der Waals surface area (Å²) in [6, 6.07) is 5.01. The topological polar surface area (TPSA) is 61.7 Å². The first-order valence-electron chi connectivity index (χ1n) is 4.02. The molecule has 0 fully saturated rings. The van der Waals surface area contributed by atoms with Gasteiger partial charge in [0.05, 0.1) is 16.3 Å². The molecule has 15 heavy (non-hydrogen) atoms. The van der Waals surface area contributed by atoms with Crippen molar-refractivity contribution >= 4 is 35.3 Å². The van der Waals surface area contributed by atoms with E-state index in [0.29, 0.717) is 15.6 Å². The van der Waals surface area contributed by atoms with Gasteiger partial charge in [-0.1, -0.05) is 29.3 Å². The number of halogens is 2. The van der Waals surface area contributed by atoms with Gasteiger partial charge in [-0.15, -0.1) is 0 Å². The lowest BCUT2D eigenvalue weighted by Crippen LogP contribution is -2.20. The summed E-state index contributed by atoms with van der Waals surface area (Å²) in [6.07, 6.45) is 1.32. The van der Waals surface area contributed by atoms with E-state index < -0.39 is 12.5 Å². The fraction of sp³-hybridized carbons (Fsp3) is 0.111. The highest BCUT2D eigenvalue weighted by Crippen LogP contribution is 2.21. The van der Waals surface area contributed by atoms with E-state index in [0.717, 1.165) is 0 Å². The number of aliphatic hydroxyl groups excluding tert-OH is 1. The van der Waals surface area contributed by atoms with Gasteiger partial charge in [-0.25, -0.2) is 5.43 Å². The Morgan fingerprint density at radius 3 is 2.60 bits per heavy atom. The summed E-state index contributed by atoms with van der Waals surface area (Å²) in [4.78, 5) is 10.6. The van der Waals surface area contributed by atoms with Crippen molar-refractivity contribution in [3.8, 4) is 0 Å². The molecule has 2 N–H and O–H groups in total. The lowest BCUT2D eigenvalue weighted by Gasteiger charge is -2.00. The molecule has 0 saturated heterocycles. The molecule has 1 aromatic rings. The van der Waals surface area contributed by atoms with Crippen LogP contribution in [0.15, 0.2) is 23.3 Å². The third kappa shape index (κ3) is 3.51. The van der Waals surface area contributed by atoms with Gasteiger partial charge in [0.2, 0.25) is 0 Å². The van der Waals surface area contributed by atoms with Crippen LogP contribution in [0.5, 0.6) is 0 Å². The van der Waals surface area contributed by atoms with Crippen LogP contribution < -0.4 is 5.43 Å². The Hall–Kier alpha value is -1.10. The van der Waals surface area contributed by atoms with Crippen LogP contribution in [0.25, 0.3) is 0 Å². The Morgan fingerprint density at radius 1 is 1.47 bits per heavy atom. The number of amides is 1. The monoisotopic (exact) mass is 246 g/mol. The van der Waals surface area contributed by atoms with Gasteiger partial charge in [-0.3, -0.25) is 4.79 Å². The Bertz CT molecular complexity index is 373. The smallest absolute Gasteiger partial charge is 0.265 e. The van der Waals surface area contributed by atoms with Gasteiger partial charge in [0.25, 0.3) is 5.91 Å². The minimum Gasteiger partial charge on any atom is -0.386 e. The number of carbonyl (C=O) groups is 1. The first-order chi connectivity index (χ1) is 7.15. The average molecular weight is 247 g/mol. The van der Waals surface area contributed by atoms with Crippen LogP contribution in [-0.4, -0.2) is 23.8 Å². The highest BCUT2D eigenvalue weighted by molar-refractivity contribution is 6.38. The van der Waals surface area contributed by atoms with Crippen LogP contribution >= 0.6 is 23.2 Å². The molecule has 0 unspecified atom stereocenters. The Labute approximate surface area is 96.5 Å². The van der Waals surface area contributed by atoms with E-state index in [2.05, 4.69) is 10.5 Å². The van der Waals surface area contributed by atoms with E-state index in [4.69, 9.17) is 28.3 Å². The summed E-state index contributed by atoms with van der Waals surface area (Å²) in [5.41, 5.74) is 2.61. The van der Waals surface area contributed by atoms with Crippen LogP contribution in [0.4, 0.5) is 0 Å². The van der Waals surface area contributed by atoms with Crippen molar-refractivity contribution in [2.45, 2.75) is 0 Å². The van der Waals surface area contributed by atoms with Gasteiger partial charge in [0, 0.05) is 5.56 Å². The number of rotatable bonds is 3. The third-order valence-corrected chi connectivity index (χ3v) is 2.19. The minimum absolute atomic E-state index is 0.435. The predicted octanol–water partition coefficient (Wildman–Crippen LogP) is 1.44. The van der Waals surface area contributed by atoms with E-state index in [1.165, 1.54) is 6.21 Å². The van der Waals surface area contributed by atoms with Gasteiger partial charge in [0.15, 0.2) is 0 Å². The van der Waals surface area contributed by atoms with E-state index in [1.807, 2.05) is 0 Å². The zero-order valence-electron chi connectivity index (χ0n) is 7.58. The molecule has 1 amide bonds. The minimum atomic E-state index is -0.617. The quantitative estimate of drug-likeness (QED) is 0.627. The highest BCUT2D eigenvalue weighted by Gasteiger charge is 2.02. The summed E-state index contributed by atoms with van der Waals surface area (Å²) < 4.78 is 0. The molecule has 0 aliphatic rings. The van der Waals surface area contributed by atoms with E-state index in [-0.39, 0.29) is 0 Å². The number of hydrazone groups is 1. The predicted molar refractivity (Wildman–Crippen MR) is 59.3 cm³/mol. The van der Waals surface area contributed by atoms with Gasteiger partial charge < -0.3 is 5.11 Å². The standard InChI is InChI=1S/C9H8Cl2N2O2/c10-7-2-1-3-8(11)6(7)4-12-13-9(15)5-14/h1-4,14H,5H2,(H,13,15)/b12-4+. The molecule has 1 aromatic carbocycles. The number of nitrogens with zero attached hydrogens (tertiary/aromatic N) is 1. The maximum atomic E-state index is 10.6. The molecule has 0 saturated carbocycles. The summed E-state index contributed by atoms with van der Waals surface area (Å²) in [6.45, 7) is -0.617. The molecule has 80 valence electrons. The first kappa shape index (κ1) is 12.0. The Balaban J connectivity index is 2.76. The largest absolute Gasteiger partial charge is 0.386 e. The van der Waals surface area contributed by atoms with Gasteiger partial charge in [0.1, 0.15) is 6.61 Å². The molecule has 0 heterocycles. The third-order valence-electron chi connectivity index (χ3n) is 1.53. The van der Waals surface area contributed by atoms with Crippen molar-refractivity contribution < 1.29 is 9.90 Å². The summed E-state index contributed by atoms with van der Waals surface area (Å²) in [5.74, 6) is -0.602. The second-order valence-corrected chi connectivity index (χ2v) is 3.40. The van der Waals surface area contributed by atoms with Crippen LogP contribution in [0.3, 0.4) is 0 Å². The molecule has 0 aliphatic carbocycles. The number of carbonyl (C=O) groups excluding carboxylic acids is 1. The fourth-order valence-electron chi connectivity index (χ4n) is 0.838. The highest BCUT2D eigenvalue weighted by atomic mass is 35.5. The van der Waals surface area contributed by atoms with Crippen LogP contribution in [0.1, 0.15) is 5.56 Å². The second-order valence-electron chi connectivity index (χ2n) is 2.59. The maximum Gasteiger partial charge on any atom is 0.265 e. The van der Waals surface area contributed by atoms with Crippen LogP contribution in [0, 0.1) is 0 Å². The Kier molecular flexibility index (Phi) is 4.55. The van der Waals surface area contributed by atoms with Crippen LogP contribution in [-0.2, 0) is 4.79 Å². The van der Waals surface area contributed by atoms with E-state index in [1.54, 1.807) is 18.2 Å². The molecular weight excluding hydrogens is 239 g/mol. The van der Waals surface area contributed by atoms with E-state index >= 15 is 0 Å². The summed E-state index contributed by atoms with van der Waals surface area (Å²) in [5, 5.41) is 12.9. The number of benzene rings is 1. The molecule has 6 heteroatoms. The normalized spacial score (nSPS) is 10.6. The Morgan fingerprint density at radius 2 is 2.07 bits per heavy atom. The average Bonchev–Trinajstić information content (AvgIpc) is 2.22. The molecule has 0 radical (unpaired) electrons. The molecule has 1 rings (SSSR count). The van der Waals surface area contributed by atoms with Gasteiger partial charge in [-0.2, -0.15) is 5.10 Å². The molecule has 0 spiro atoms. The number of hydrogen-bond acceptors (Lipinski definition) is 3. The van der Waals surface area contributed by atoms with Crippen molar-refractivity contribution in [3.63, 3.8) is 0 Å². The number of nitrogens with one attached hydrogen (secondary N) is 1. The van der Waals surface area contributed by atoms with Crippen molar-refractivity contribution in [1.82, 2.24) is 5.43 Å². The maximum absolute atomic E-state index is 10.6. The zero-order valence-corrected chi connectivity index (χ0v) is 9.09. The molecule has 4 nitrogen and oxygen atoms in total. The molecule has 0 atom stereocenters. The first-order valence-corrected chi connectivity index (χ1v) is 4.77. The number of hydrogen-bond donors (Lipinski definition) is 2. The lowest BCUT2D eigenvalue weighted by molar-refractivity contribution is -0.123. The van der Waals surface area contributed by atoms with Gasteiger partial charge in [-0.05, 0) is 12.1 Å². The molecule has 0 aromatic heterocycles. The SMILES string of the molecule is O=C(CO)N/N=C/c1c(Cl)cccc1Cl.